The zero-order valence-corrected chi connectivity index (χ0v) is 11.1. The molecule has 2 aromatic heterocycles. The Bertz CT molecular complexity index is 464. The minimum absolute atomic E-state index is 0.141. The first kappa shape index (κ1) is 12.1. The third kappa shape index (κ3) is 2.35. The third-order valence-corrected chi connectivity index (χ3v) is 3.62. The number of thiophene rings is 1. The van der Waals surface area contributed by atoms with E-state index in [2.05, 4.69) is 34.9 Å². The molecule has 1 unspecified atom stereocenters. The van der Waals surface area contributed by atoms with Gasteiger partial charge < -0.3 is 10.1 Å². The molecule has 0 aliphatic heterocycles. The lowest BCUT2D eigenvalue weighted by Crippen LogP contribution is -2.23. The Labute approximate surface area is 105 Å². The average molecular weight is 251 g/mol. The minimum atomic E-state index is 0.141. The van der Waals surface area contributed by atoms with E-state index in [1.54, 1.807) is 24.6 Å². The van der Waals surface area contributed by atoms with Crippen LogP contribution >= 0.6 is 11.3 Å². The Morgan fingerprint density at radius 2 is 2.41 bits per heavy atom. The molecule has 0 fully saturated rings. The van der Waals surface area contributed by atoms with Gasteiger partial charge in [0.1, 0.15) is 5.69 Å². The summed E-state index contributed by atoms with van der Waals surface area (Å²) < 4.78 is 7.24. The highest BCUT2D eigenvalue weighted by molar-refractivity contribution is 7.10. The molecule has 5 heteroatoms. The van der Waals surface area contributed by atoms with Crippen molar-refractivity contribution < 1.29 is 4.74 Å². The summed E-state index contributed by atoms with van der Waals surface area (Å²) in [7, 11) is 3.62. The lowest BCUT2D eigenvalue weighted by Gasteiger charge is -2.18. The lowest BCUT2D eigenvalue weighted by atomic mass is 10.1. The Hall–Kier alpha value is -1.33. The van der Waals surface area contributed by atoms with Crippen molar-refractivity contribution in [1.82, 2.24) is 15.1 Å². The van der Waals surface area contributed by atoms with E-state index >= 15 is 0 Å². The van der Waals surface area contributed by atoms with Crippen molar-refractivity contribution >= 4 is 11.3 Å². The highest BCUT2D eigenvalue weighted by atomic mass is 32.1. The zero-order chi connectivity index (χ0) is 12.3. The van der Waals surface area contributed by atoms with Crippen LogP contribution in [0, 0.1) is 0 Å². The Kier molecular flexibility index (Phi) is 3.81. The van der Waals surface area contributed by atoms with Gasteiger partial charge in [-0.15, -0.1) is 11.3 Å². The highest BCUT2D eigenvalue weighted by Crippen LogP contribution is 2.31. The number of aryl methyl sites for hydroxylation is 1. The van der Waals surface area contributed by atoms with Crippen molar-refractivity contribution in [2.45, 2.75) is 13.0 Å². The molecular weight excluding hydrogens is 234 g/mol. The van der Waals surface area contributed by atoms with Gasteiger partial charge in [0.05, 0.1) is 19.3 Å². The van der Waals surface area contributed by atoms with Gasteiger partial charge in [-0.3, -0.25) is 4.68 Å². The van der Waals surface area contributed by atoms with Crippen LogP contribution in [0.5, 0.6) is 5.75 Å². The van der Waals surface area contributed by atoms with Crippen molar-refractivity contribution in [2.75, 3.05) is 13.7 Å². The first-order chi connectivity index (χ1) is 8.27. The van der Waals surface area contributed by atoms with Crippen LogP contribution in [-0.2, 0) is 7.05 Å². The van der Waals surface area contributed by atoms with Gasteiger partial charge in [0.2, 0.25) is 0 Å². The first-order valence-corrected chi connectivity index (χ1v) is 6.48. The number of aromatic nitrogens is 2. The standard InChI is InChI=1S/C12H17N3OS/c1-4-13-11(10-6-5-7-17-10)12-9(16-3)8-14-15(12)2/h5-8,11,13H,4H2,1-3H3. The summed E-state index contributed by atoms with van der Waals surface area (Å²) in [5.41, 5.74) is 1.07. The number of rotatable bonds is 5. The lowest BCUT2D eigenvalue weighted by molar-refractivity contribution is 0.401. The molecule has 1 atom stereocenters. The molecule has 0 saturated heterocycles. The fourth-order valence-electron chi connectivity index (χ4n) is 1.90. The molecule has 0 bridgehead atoms. The van der Waals surface area contributed by atoms with Crippen LogP contribution in [0.15, 0.2) is 23.7 Å². The van der Waals surface area contributed by atoms with Gasteiger partial charge in [-0.1, -0.05) is 13.0 Å². The fourth-order valence-corrected chi connectivity index (χ4v) is 2.71. The van der Waals surface area contributed by atoms with E-state index in [1.807, 2.05) is 11.7 Å². The number of hydrogen-bond acceptors (Lipinski definition) is 4. The van der Waals surface area contributed by atoms with E-state index in [-0.39, 0.29) is 6.04 Å². The molecule has 0 spiro atoms. The van der Waals surface area contributed by atoms with E-state index in [0.717, 1.165) is 18.0 Å². The van der Waals surface area contributed by atoms with Crippen molar-refractivity contribution in [2.24, 2.45) is 7.05 Å². The summed E-state index contributed by atoms with van der Waals surface area (Å²) >= 11 is 1.74. The van der Waals surface area contributed by atoms with E-state index in [1.165, 1.54) is 4.88 Å². The molecule has 0 radical (unpaired) electrons. The molecule has 0 saturated carbocycles. The van der Waals surface area contributed by atoms with Gasteiger partial charge in [-0.05, 0) is 18.0 Å². The Morgan fingerprint density at radius 1 is 1.59 bits per heavy atom. The van der Waals surface area contributed by atoms with Crippen LogP contribution in [0.2, 0.25) is 0 Å². The SMILES string of the molecule is CCNC(c1cccs1)c1c(OC)cnn1C. The normalized spacial score (nSPS) is 12.6. The molecule has 0 aliphatic rings. The second-order valence-electron chi connectivity index (χ2n) is 3.73. The van der Waals surface area contributed by atoms with Gasteiger partial charge >= 0.3 is 0 Å². The van der Waals surface area contributed by atoms with E-state index in [0.29, 0.717) is 0 Å². The number of nitrogens with zero attached hydrogens (tertiary/aromatic N) is 2. The maximum Gasteiger partial charge on any atom is 0.161 e. The molecule has 2 aromatic rings. The number of ether oxygens (including phenoxy) is 1. The van der Waals surface area contributed by atoms with Gasteiger partial charge in [-0.25, -0.2) is 0 Å². The first-order valence-electron chi connectivity index (χ1n) is 5.60. The van der Waals surface area contributed by atoms with Gasteiger partial charge in [-0.2, -0.15) is 5.10 Å². The minimum Gasteiger partial charge on any atom is -0.493 e. The van der Waals surface area contributed by atoms with Crippen LogP contribution < -0.4 is 10.1 Å². The van der Waals surface area contributed by atoms with Crippen molar-refractivity contribution in [3.8, 4) is 5.75 Å². The van der Waals surface area contributed by atoms with Crippen LogP contribution in [0.3, 0.4) is 0 Å². The monoisotopic (exact) mass is 251 g/mol. The van der Waals surface area contributed by atoms with Crippen molar-refractivity contribution in [3.05, 3.63) is 34.3 Å². The molecule has 4 nitrogen and oxygen atoms in total. The number of methoxy groups -OCH3 is 1. The third-order valence-electron chi connectivity index (χ3n) is 2.68. The summed E-state index contributed by atoms with van der Waals surface area (Å²) in [5, 5.41) is 9.82. The molecule has 0 aromatic carbocycles. The fraction of sp³-hybridized carbons (Fsp3) is 0.417. The Balaban J connectivity index is 2.42. The summed E-state index contributed by atoms with van der Waals surface area (Å²) in [6, 6.07) is 4.33. The van der Waals surface area contributed by atoms with Gasteiger partial charge in [0.15, 0.2) is 5.75 Å². The number of nitrogens with one attached hydrogen (secondary N) is 1. The molecule has 1 N–H and O–H groups in total. The van der Waals surface area contributed by atoms with Gasteiger partial charge in [0.25, 0.3) is 0 Å². The van der Waals surface area contributed by atoms with Crippen LogP contribution in [0.25, 0.3) is 0 Å². The molecular formula is C12H17N3OS. The molecule has 2 heterocycles. The maximum atomic E-state index is 5.37. The van der Waals surface area contributed by atoms with Crippen molar-refractivity contribution in [1.29, 1.82) is 0 Å². The summed E-state index contributed by atoms with van der Waals surface area (Å²) in [5.74, 6) is 0.826. The number of hydrogen-bond donors (Lipinski definition) is 1. The quantitative estimate of drug-likeness (QED) is 0.885. The van der Waals surface area contributed by atoms with E-state index in [4.69, 9.17) is 4.74 Å². The zero-order valence-electron chi connectivity index (χ0n) is 10.3. The Morgan fingerprint density at radius 3 is 3.00 bits per heavy atom. The second-order valence-corrected chi connectivity index (χ2v) is 4.71. The second kappa shape index (κ2) is 5.33. The maximum absolute atomic E-state index is 5.37. The smallest absolute Gasteiger partial charge is 0.161 e. The molecule has 92 valence electrons. The molecule has 0 amide bonds. The van der Waals surface area contributed by atoms with E-state index < -0.39 is 0 Å². The average Bonchev–Trinajstić information content (AvgIpc) is 2.95. The molecule has 2 rings (SSSR count). The van der Waals surface area contributed by atoms with Gasteiger partial charge in [0, 0.05) is 11.9 Å². The van der Waals surface area contributed by atoms with Crippen LogP contribution in [0.1, 0.15) is 23.5 Å². The summed E-state index contributed by atoms with van der Waals surface area (Å²) in [6.07, 6.45) is 1.76. The molecule has 0 aliphatic carbocycles. The summed E-state index contributed by atoms with van der Waals surface area (Å²) in [6.45, 7) is 3.00. The largest absolute Gasteiger partial charge is 0.493 e. The predicted molar refractivity (Wildman–Crippen MR) is 69.6 cm³/mol. The molecule has 17 heavy (non-hydrogen) atoms. The van der Waals surface area contributed by atoms with E-state index in [9.17, 15) is 0 Å². The van der Waals surface area contributed by atoms with Crippen LogP contribution in [-0.4, -0.2) is 23.4 Å². The van der Waals surface area contributed by atoms with Crippen LogP contribution in [0.4, 0.5) is 0 Å². The predicted octanol–water partition coefficient (Wildman–Crippen LogP) is 2.19. The summed E-state index contributed by atoms with van der Waals surface area (Å²) in [4.78, 5) is 1.27. The topological polar surface area (TPSA) is 39.1 Å². The van der Waals surface area contributed by atoms with Crippen molar-refractivity contribution in [3.63, 3.8) is 0 Å². The highest BCUT2D eigenvalue weighted by Gasteiger charge is 2.22.